The van der Waals surface area contributed by atoms with E-state index in [1.54, 1.807) is 13.2 Å². The standard InChI is InChI=1S/C21H21F3N6O2/c1-13-11-18(29-15-4-6-16(32-2)7-5-15)30-20(28-13)26-10-9-25-19(31)14-3-8-17(27-12-14)21(22,23)24/h3-8,11-12H,9-10H2,1-2H3,(H,25,31)(H2,26,28,29,30). The molecule has 1 aromatic carbocycles. The van der Waals surface area contributed by atoms with Crippen molar-refractivity contribution in [3.8, 4) is 5.75 Å². The molecular weight excluding hydrogens is 425 g/mol. The molecule has 0 aliphatic heterocycles. The van der Waals surface area contributed by atoms with Gasteiger partial charge in [-0.2, -0.15) is 18.2 Å². The van der Waals surface area contributed by atoms with Gasteiger partial charge < -0.3 is 20.7 Å². The fourth-order valence-corrected chi connectivity index (χ4v) is 2.68. The van der Waals surface area contributed by atoms with Crippen molar-refractivity contribution in [2.45, 2.75) is 13.1 Å². The minimum atomic E-state index is -4.55. The smallest absolute Gasteiger partial charge is 0.433 e. The van der Waals surface area contributed by atoms with Gasteiger partial charge in [0, 0.05) is 36.7 Å². The number of amides is 1. The number of alkyl halides is 3. The summed E-state index contributed by atoms with van der Waals surface area (Å²) in [7, 11) is 1.59. The molecule has 0 saturated heterocycles. The molecule has 0 atom stereocenters. The van der Waals surface area contributed by atoms with Crippen molar-refractivity contribution >= 4 is 23.4 Å². The number of rotatable bonds is 8. The summed E-state index contributed by atoms with van der Waals surface area (Å²) in [4.78, 5) is 24.0. The lowest BCUT2D eigenvalue weighted by molar-refractivity contribution is -0.141. The van der Waals surface area contributed by atoms with E-state index in [-0.39, 0.29) is 12.1 Å². The molecule has 0 spiro atoms. The third-order valence-corrected chi connectivity index (χ3v) is 4.23. The van der Waals surface area contributed by atoms with Gasteiger partial charge >= 0.3 is 6.18 Å². The minimum Gasteiger partial charge on any atom is -0.497 e. The van der Waals surface area contributed by atoms with Crippen LogP contribution in [0.3, 0.4) is 0 Å². The third kappa shape index (κ3) is 6.30. The quantitative estimate of drug-likeness (QED) is 0.453. The average Bonchev–Trinajstić information content (AvgIpc) is 2.76. The minimum absolute atomic E-state index is 0.0378. The maximum absolute atomic E-state index is 12.5. The topological polar surface area (TPSA) is 101 Å². The number of pyridine rings is 1. The lowest BCUT2D eigenvalue weighted by Crippen LogP contribution is -2.29. The molecule has 11 heteroatoms. The molecule has 0 aliphatic rings. The van der Waals surface area contributed by atoms with Crippen molar-refractivity contribution in [2.75, 3.05) is 30.8 Å². The summed E-state index contributed by atoms with van der Waals surface area (Å²) in [6, 6.07) is 11.0. The van der Waals surface area contributed by atoms with Gasteiger partial charge in [0.2, 0.25) is 5.95 Å². The van der Waals surface area contributed by atoms with Gasteiger partial charge in [0.15, 0.2) is 0 Å². The van der Waals surface area contributed by atoms with E-state index in [4.69, 9.17) is 4.74 Å². The highest BCUT2D eigenvalue weighted by molar-refractivity contribution is 5.93. The summed E-state index contributed by atoms with van der Waals surface area (Å²) in [6.45, 7) is 2.34. The Kier molecular flexibility index (Phi) is 7.08. The number of methoxy groups -OCH3 is 1. The second-order valence-electron chi connectivity index (χ2n) is 6.68. The fraction of sp³-hybridized carbons (Fsp3) is 0.238. The Hall–Kier alpha value is -3.89. The zero-order valence-electron chi connectivity index (χ0n) is 17.3. The Bertz CT molecular complexity index is 1060. The molecule has 0 bridgehead atoms. The van der Waals surface area contributed by atoms with E-state index in [2.05, 4.69) is 30.9 Å². The predicted octanol–water partition coefficient (Wildman–Crippen LogP) is 3.79. The van der Waals surface area contributed by atoms with Crippen LogP contribution in [0.25, 0.3) is 0 Å². The number of nitrogens with one attached hydrogen (secondary N) is 3. The van der Waals surface area contributed by atoms with Crippen LogP contribution >= 0.6 is 0 Å². The van der Waals surface area contributed by atoms with Crippen LogP contribution in [0.1, 0.15) is 21.7 Å². The molecule has 3 N–H and O–H groups in total. The second kappa shape index (κ2) is 9.94. The highest BCUT2D eigenvalue weighted by Crippen LogP contribution is 2.27. The van der Waals surface area contributed by atoms with E-state index in [9.17, 15) is 18.0 Å². The first-order chi connectivity index (χ1) is 15.2. The van der Waals surface area contributed by atoms with Gasteiger partial charge in [-0.15, -0.1) is 0 Å². The number of nitrogens with zero attached hydrogens (tertiary/aromatic N) is 3. The van der Waals surface area contributed by atoms with E-state index < -0.39 is 17.8 Å². The molecule has 32 heavy (non-hydrogen) atoms. The Balaban J connectivity index is 1.51. The first-order valence-electron chi connectivity index (χ1n) is 9.56. The summed E-state index contributed by atoms with van der Waals surface area (Å²) >= 11 is 0. The van der Waals surface area contributed by atoms with Gasteiger partial charge in [-0.1, -0.05) is 0 Å². The molecule has 1 amide bonds. The molecule has 0 radical (unpaired) electrons. The molecule has 0 unspecified atom stereocenters. The van der Waals surface area contributed by atoms with Crippen LogP contribution in [0.5, 0.6) is 5.75 Å². The van der Waals surface area contributed by atoms with Crippen LogP contribution in [0.4, 0.5) is 30.6 Å². The number of halogens is 3. The van der Waals surface area contributed by atoms with E-state index in [0.717, 1.165) is 35.5 Å². The van der Waals surface area contributed by atoms with Crippen molar-refractivity contribution in [1.29, 1.82) is 0 Å². The monoisotopic (exact) mass is 446 g/mol. The predicted molar refractivity (Wildman–Crippen MR) is 113 cm³/mol. The number of benzene rings is 1. The Morgan fingerprint density at radius 3 is 2.44 bits per heavy atom. The first-order valence-corrected chi connectivity index (χ1v) is 9.56. The van der Waals surface area contributed by atoms with E-state index in [1.807, 2.05) is 31.2 Å². The number of ether oxygens (including phenoxy) is 1. The van der Waals surface area contributed by atoms with Crippen molar-refractivity contribution in [2.24, 2.45) is 0 Å². The third-order valence-electron chi connectivity index (χ3n) is 4.23. The van der Waals surface area contributed by atoms with E-state index >= 15 is 0 Å². The van der Waals surface area contributed by atoms with Gasteiger partial charge in [-0.05, 0) is 43.3 Å². The van der Waals surface area contributed by atoms with Crippen LogP contribution in [0, 0.1) is 6.92 Å². The number of anilines is 3. The Labute approximate surface area is 182 Å². The summed E-state index contributed by atoms with van der Waals surface area (Å²) in [5.74, 6) is 1.17. The second-order valence-corrected chi connectivity index (χ2v) is 6.68. The summed E-state index contributed by atoms with van der Waals surface area (Å²) in [6.07, 6.45) is -3.65. The van der Waals surface area contributed by atoms with Crippen LogP contribution in [-0.2, 0) is 6.18 Å². The Morgan fingerprint density at radius 1 is 1.06 bits per heavy atom. The van der Waals surface area contributed by atoms with Crippen molar-refractivity contribution in [3.05, 3.63) is 65.6 Å². The van der Waals surface area contributed by atoms with Crippen LogP contribution in [0.2, 0.25) is 0 Å². The summed E-state index contributed by atoms with van der Waals surface area (Å²) in [5.41, 5.74) is 0.549. The summed E-state index contributed by atoms with van der Waals surface area (Å²) < 4.78 is 42.8. The molecule has 2 heterocycles. The molecule has 8 nitrogen and oxygen atoms in total. The molecule has 0 aliphatic carbocycles. The lowest BCUT2D eigenvalue weighted by Gasteiger charge is -2.11. The molecule has 3 aromatic rings. The van der Waals surface area contributed by atoms with Gasteiger partial charge in [0.25, 0.3) is 5.91 Å². The van der Waals surface area contributed by atoms with Crippen LogP contribution in [-0.4, -0.2) is 41.1 Å². The van der Waals surface area contributed by atoms with Gasteiger partial charge in [-0.25, -0.2) is 4.98 Å². The normalized spacial score (nSPS) is 11.0. The molecule has 2 aromatic heterocycles. The van der Waals surface area contributed by atoms with Crippen LogP contribution in [0.15, 0.2) is 48.7 Å². The average molecular weight is 446 g/mol. The lowest BCUT2D eigenvalue weighted by atomic mass is 10.2. The Morgan fingerprint density at radius 2 is 1.81 bits per heavy atom. The van der Waals surface area contributed by atoms with Crippen molar-refractivity contribution < 1.29 is 22.7 Å². The van der Waals surface area contributed by atoms with E-state index in [0.29, 0.717) is 18.3 Å². The fourth-order valence-electron chi connectivity index (χ4n) is 2.68. The number of hydrogen-bond donors (Lipinski definition) is 3. The molecule has 168 valence electrons. The molecule has 0 fully saturated rings. The zero-order chi connectivity index (χ0) is 23.1. The first kappa shape index (κ1) is 22.8. The summed E-state index contributed by atoms with van der Waals surface area (Å²) in [5, 5.41) is 8.78. The maximum atomic E-state index is 12.5. The number of carbonyl (C=O) groups excluding carboxylic acids is 1. The highest BCUT2D eigenvalue weighted by atomic mass is 19.4. The van der Waals surface area contributed by atoms with Gasteiger partial charge in [0.05, 0.1) is 12.7 Å². The molecular formula is C21H21F3N6O2. The number of aromatic nitrogens is 3. The van der Waals surface area contributed by atoms with E-state index in [1.165, 1.54) is 0 Å². The number of hydrogen-bond acceptors (Lipinski definition) is 7. The highest BCUT2D eigenvalue weighted by Gasteiger charge is 2.32. The molecule has 0 saturated carbocycles. The number of carbonyl (C=O) groups is 1. The van der Waals surface area contributed by atoms with Gasteiger partial charge in [-0.3, -0.25) is 9.78 Å². The maximum Gasteiger partial charge on any atom is 0.433 e. The number of aryl methyl sites for hydroxylation is 1. The SMILES string of the molecule is COc1ccc(Nc2cc(C)nc(NCCNC(=O)c3ccc(C(F)(F)F)nc3)n2)cc1. The van der Waals surface area contributed by atoms with Crippen LogP contribution < -0.4 is 20.7 Å². The molecule has 3 rings (SSSR count). The van der Waals surface area contributed by atoms with Crippen molar-refractivity contribution in [3.63, 3.8) is 0 Å². The van der Waals surface area contributed by atoms with Gasteiger partial charge in [0.1, 0.15) is 17.3 Å². The largest absolute Gasteiger partial charge is 0.497 e. The zero-order valence-corrected chi connectivity index (χ0v) is 17.3. The van der Waals surface area contributed by atoms with Crippen molar-refractivity contribution in [1.82, 2.24) is 20.3 Å².